The summed E-state index contributed by atoms with van der Waals surface area (Å²) in [5, 5.41) is 6.29. The van der Waals surface area contributed by atoms with Crippen molar-refractivity contribution in [1.82, 2.24) is 10.3 Å². The summed E-state index contributed by atoms with van der Waals surface area (Å²) < 4.78 is 39.1. The summed E-state index contributed by atoms with van der Waals surface area (Å²) in [6.45, 7) is 0.119. The Labute approximate surface area is 158 Å². The van der Waals surface area contributed by atoms with Crippen LogP contribution >= 0.6 is 11.6 Å². The van der Waals surface area contributed by atoms with Crippen LogP contribution in [-0.2, 0) is 17.4 Å². The number of H-pyrrole nitrogens is 1. The molecule has 0 unspecified atom stereocenters. The lowest BCUT2D eigenvalue weighted by Crippen LogP contribution is -2.31. The van der Waals surface area contributed by atoms with E-state index in [-0.39, 0.29) is 17.3 Å². The highest BCUT2D eigenvalue weighted by Gasteiger charge is 2.33. The zero-order chi connectivity index (χ0) is 19.4. The molecule has 0 aliphatic heterocycles. The van der Waals surface area contributed by atoms with Crippen LogP contribution < -0.4 is 10.6 Å². The Bertz CT molecular complexity index is 953. The second kappa shape index (κ2) is 7.92. The summed E-state index contributed by atoms with van der Waals surface area (Å²) in [7, 11) is 0. The Morgan fingerprint density at radius 2 is 1.93 bits per heavy atom. The topological polar surface area (TPSA) is 56.9 Å². The van der Waals surface area contributed by atoms with Crippen molar-refractivity contribution in [3.05, 3.63) is 64.8 Å². The third-order valence-electron chi connectivity index (χ3n) is 4.12. The number of hydrogen-bond donors (Lipinski definition) is 3. The highest BCUT2D eigenvalue weighted by Crippen LogP contribution is 2.36. The lowest BCUT2D eigenvalue weighted by molar-refractivity contribution is -0.137. The number of aromatic amines is 1. The SMILES string of the molecule is O=C(CNc1ccc(Cl)cc1C(F)(F)F)NCCc1c[nH]c2ccccc12. The Balaban J connectivity index is 1.53. The highest BCUT2D eigenvalue weighted by atomic mass is 35.5. The molecule has 0 radical (unpaired) electrons. The standard InChI is InChI=1S/C19H17ClF3N3O/c20-13-5-6-17(15(9-13)19(21,22)23)26-11-18(27)24-8-7-12-10-25-16-4-2-1-3-14(12)16/h1-6,9-10,25-26H,7-8,11H2,(H,24,27). The average molecular weight is 396 g/mol. The zero-order valence-corrected chi connectivity index (χ0v) is 14.9. The molecule has 8 heteroatoms. The molecule has 0 bridgehead atoms. The number of para-hydroxylation sites is 1. The van der Waals surface area contributed by atoms with Gasteiger partial charge in [-0.1, -0.05) is 29.8 Å². The minimum Gasteiger partial charge on any atom is -0.376 e. The molecule has 2 aromatic carbocycles. The van der Waals surface area contributed by atoms with E-state index in [0.717, 1.165) is 22.5 Å². The van der Waals surface area contributed by atoms with Gasteiger partial charge in [-0.25, -0.2) is 0 Å². The maximum atomic E-state index is 13.0. The number of benzene rings is 2. The fraction of sp³-hybridized carbons (Fsp3) is 0.211. The van der Waals surface area contributed by atoms with E-state index in [1.807, 2.05) is 30.5 Å². The van der Waals surface area contributed by atoms with E-state index in [1.54, 1.807) is 0 Å². The van der Waals surface area contributed by atoms with Crippen LogP contribution in [0, 0.1) is 0 Å². The minimum absolute atomic E-state index is 0.0175. The summed E-state index contributed by atoms with van der Waals surface area (Å²) >= 11 is 5.63. The zero-order valence-electron chi connectivity index (χ0n) is 14.2. The molecule has 1 heterocycles. The van der Waals surface area contributed by atoms with Gasteiger partial charge in [-0.2, -0.15) is 13.2 Å². The molecule has 0 fully saturated rings. The Kier molecular flexibility index (Phi) is 5.60. The van der Waals surface area contributed by atoms with Crippen molar-refractivity contribution in [1.29, 1.82) is 0 Å². The lowest BCUT2D eigenvalue weighted by Gasteiger charge is -2.15. The number of hydrogen-bond acceptors (Lipinski definition) is 2. The van der Waals surface area contributed by atoms with E-state index in [4.69, 9.17) is 11.6 Å². The van der Waals surface area contributed by atoms with E-state index < -0.39 is 17.6 Å². The van der Waals surface area contributed by atoms with Gasteiger partial charge in [0.15, 0.2) is 0 Å². The van der Waals surface area contributed by atoms with Crippen LogP contribution in [0.1, 0.15) is 11.1 Å². The van der Waals surface area contributed by atoms with Gasteiger partial charge in [0, 0.05) is 34.4 Å². The number of fused-ring (bicyclic) bond motifs is 1. The van der Waals surface area contributed by atoms with E-state index in [0.29, 0.717) is 13.0 Å². The number of anilines is 1. The smallest absolute Gasteiger partial charge is 0.376 e. The Morgan fingerprint density at radius 3 is 2.70 bits per heavy atom. The quantitative estimate of drug-likeness (QED) is 0.571. The van der Waals surface area contributed by atoms with Gasteiger partial charge in [-0.05, 0) is 36.2 Å². The van der Waals surface area contributed by atoms with Crippen LogP contribution in [-0.4, -0.2) is 24.0 Å². The van der Waals surface area contributed by atoms with Gasteiger partial charge in [0.1, 0.15) is 0 Å². The fourth-order valence-electron chi connectivity index (χ4n) is 2.82. The molecule has 0 atom stereocenters. The van der Waals surface area contributed by atoms with Gasteiger partial charge in [0.05, 0.1) is 12.1 Å². The Morgan fingerprint density at radius 1 is 1.15 bits per heavy atom. The van der Waals surface area contributed by atoms with E-state index in [2.05, 4.69) is 15.6 Å². The third-order valence-corrected chi connectivity index (χ3v) is 4.35. The molecular formula is C19H17ClF3N3O. The van der Waals surface area contributed by atoms with Gasteiger partial charge in [0.25, 0.3) is 0 Å². The van der Waals surface area contributed by atoms with Crippen molar-refractivity contribution in [3.63, 3.8) is 0 Å². The molecule has 0 saturated carbocycles. The predicted molar refractivity (Wildman–Crippen MR) is 100.0 cm³/mol. The highest BCUT2D eigenvalue weighted by molar-refractivity contribution is 6.30. The van der Waals surface area contributed by atoms with Gasteiger partial charge < -0.3 is 15.6 Å². The predicted octanol–water partition coefficient (Wildman–Crippen LogP) is 4.61. The maximum absolute atomic E-state index is 13.0. The van der Waals surface area contributed by atoms with E-state index in [1.165, 1.54) is 12.1 Å². The fourth-order valence-corrected chi connectivity index (χ4v) is 2.99. The molecule has 1 amide bonds. The number of nitrogens with one attached hydrogen (secondary N) is 3. The van der Waals surface area contributed by atoms with Gasteiger partial charge in [0.2, 0.25) is 5.91 Å². The molecule has 142 valence electrons. The Hall–Kier alpha value is -2.67. The summed E-state index contributed by atoms with van der Waals surface area (Å²) in [5.41, 5.74) is 0.999. The molecule has 0 aliphatic rings. The third kappa shape index (κ3) is 4.74. The normalized spacial score (nSPS) is 11.6. The van der Waals surface area contributed by atoms with E-state index in [9.17, 15) is 18.0 Å². The molecule has 3 rings (SSSR count). The van der Waals surface area contributed by atoms with Crippen molar-refractivity contribution in [2.45, 2.75) is 12.6 Å². The molecule has 3 aromatic rings. The number of aromatic nitrogens is 1. The van der Waals surface area contributed by atoms with Crippen molar-refractivity contribution >= 4 is 34.1 Å². The molecular weight excluding hydrogens is 379 g/mol. The molecule has 0 saturated heterocycles. The van der Waals surface area contributed by atoms with Crippen LogP contribution in [0.15, 0.2) is 48.7 Å². The number of amides is 1. The number of carbonyl (C=O) groups excluding carboxylic acids is 1. The average Bonchev–Trinajstić information content (AvgIpc) is 3.03. The second-order valence-electron chi connectivity index (χ2n) is 6.00. The first-order valence-electron chi connectivity index (χ1n) is 8.27. The molecule has 27 heavy (non-hydrogen) atoms. The van der Waals surface area contributed by atoms with Crippen LogP contribution in [0.25, 0.3) is 10.9 Å². The summed E-state index contributed by atoms with van der Waals surface area (Å²) in [4.78, 5) is 15.1. The first-order chi connectivity index (χ1) is 12.8. The van der Waals surface area contributed by atoms with Crippen LogP contribution in [0.4, 0.5) is 18.9 Å². The van der Waals surface area contributed by atoms with Crippen LogP contribution in [0.5, 0.6) is 0 Å². The van der Waals surface area contributed by atoms with E-state index >= 15 is 0 Å². The van der Waals surface area contributed by atoms with Crippen molar-refractivity contribution in [3.8, 4) is 0 Å². The molecule has 0 aliphatic carbocycles. The van der Waals surface area contributed by atoms with Crippen molar-refractivity contribution in [2.24, 2.45) is 0 Å². The van der Waals surface area contributed by atoms with Crippen molar-refractivity contribution in [2.75, 3.05) is 18.4 Å². The number of carbonyl (C=O) groups is 1. The maximum Gasteiger partial charge on any atom is 0.418 e. The largest absolute Gasteiger partial charge is 0.418 e. The van der Waals surface area contributed by atoms with Crippen LogP contribution in [0.2, 0.25) is 5.02 Å². The first kappa shape index (κ1) is 19.1. The monoisotopic (exact) mass is 395 g/mol. The second-order valence-corrected chi connectivity index (χ2v) is 6.44. The minimum atomic E-state index is -4.56. The number of rotatable bonds is 6. The molecule has 3 N–H and O–H groups in total. The summed E-state index contributed by atoms with van der Waals surface area (Å²) in [6.07, 6.45) is -2.05. The molecule has 1 aromatic heterocycles. The van der Waals surface area contributed by atoms with Crippen molar-refractivity contribution < 1.29 is 18.0 Å². The number of alkyl halides is 3. The lowest BCUT2D eigenvalue weighted by atomic mass is 10.1. The molecule has 0 spiro atoms. The van der Waals surface area contributed by atoms with Crippen LogP contribution in [0.3, 0.4) is 0 Å². The summed E-state index contributed by atoms with van der Waals surface area (Å²) in [5.74, 6) is -0.391. The number of halogens is 4. The van der Waals surface area contributed by atoms with Gasteiger partial charge in [-0.15, -0.1) is 0 Å². The van der Waals surface area contributed by atoms with Gasteiger partial charge >= 0.3 is 6.18 Å². The van der Waals surface area contributed by atoms with Gasteiger partial charge in [-0.3, -0.25) is 4.79 Å². The summed E-state index contributed by atoms with van der Waals surface area (Å²) in [6, 6.07) is 11.2. The molecule has 4 nitrogen and oxygen atoms in total. The first-order valence-corrected chi connectivity index (χ1v) is 8.64.